The van der Waals surface area contributed by atoms with Gasteiger partial charge in [-0.25, -0.2) is 0 Å². The number of hydrogen-bond acceptors (Lipinski definition) is 0. The van der Waals surface area contributed by atoms with Crippen molar-refractivity contribution >= 4 is 0 Å². The molecular formula is C3H2O4Re. The van der Waals surface area contributed by atoms with E-state index in [0.29, 0.717) is 0 Å². The third kappa shape index (κ3) is 5510. The maximum absolute atomic E-state index is 7.50. The smallest absolute Gasteiger partial charge is 0 e. The van der Waals surface area contributed by atoms with E-state index in [1.165, 1.54) is 0 Å². The summed E-state index contributed by atoms with van der Waals surface area (Å²) >= 11 is 0. The van der Waals surface area contributed by atoms with Crippen LogP contribution in [-0.4, -0.2) is 5.48 Å². The van der Waals surface area contributed by atoms with Gasteiger partial charge in [-0.15, -0.1) is 0 Å². The predicted molar refractivity (Wildman–Crippen MR) is 15.4 cm³/mol. The van der Waals surface area contributed by atoms with Gasteiger partial charge in [-0.05, 0) is 0 Å². The van der Waals surface area contributed by atoms with Crippen LogP contribution in [0.25, 0.3) is 0 Å². The molecule has 0 amide bonds. The zero-order valence-corrected chi connectivity index (χ0v) is 6.32. The maximum Gasteiger partial charge on any atom is 0 e. The van der Waals surface area contributed by atoms with Gasteiger partial charge in [-0.3, -0.25) is 0 Å². The first-order valence-corrected chi connectivity index (χ1v) is 0.612. The van der Waals surface area contributed by atoms with Gasteiger partial charge >= 0.3 is 33.9 Å². The van der Waals surface area contributed by atoms with Crippen LogP contribution in [0.1, 0.15) is 0 Å². The normalized spacial score (nSPS) is 0.750. The molecule has 0 aromatic carbocycles. The van der Waals surface area contributed by atoms with E-state index in [9.17, 15) is 0 Å². The summed E-state index contributed by atoms with van der Waals surface area (Å²) < 4.78 is 22.5. The molecule has 0 saturated heterocycles. The van der Waals surface area contributed by atoms with E-state index in [-0.39, 0.29) is 25.9 Å². The van der Waals surface area contributed by atoms with Crippen molar-refractivity contribution in [3.05, 3.63) is 20.0 Å². The summed E-state index contributed by atoms with van der Waals surface area (Å²) in [6.45, 7) is 13.5. The standard InChI is InChI=1S/3CO.H2O.Re/c3*1-2;;/h;;;1H2;. The second kappa shape index (κ2) is 9400. The largest absolute Gasteiger partial charge is 0 e. The number of rotatable bonds is 0. The average molecular weight is 288 g/mol. The zero-order chi connectivity index (χ0) is 6.00. The van der Waals surface area contributed by atoms with Crippen molar-refractivity contribution in [1.82, 2.24) is 0 Å². The van der Waals surface area contributed by atoms with Crippen LogP contribution >= 0.6 is 0 Å². The van der Waals surface area contributed by atoms with Gasteiger partial charge in [-0.2, -0.15) is 0 Å². The van der Waals surface area contributed by atoms with Gasteiger partial charge in [-0.1, -0.05) is 0 Å². The van der Waals surface area contributed by atoms with Crippen LogP contribution in [0.5, 0.6) is 0 Å². The van der Waals surface area contributed by atoms with Gasteiger partial charge in [0, 0.05) is 20.4 Å². The van der Waals surface area contributed by atoms with Crippen molar-refractivity contribution in [2.75, 3.05) is 0 Å². The molecule has 5 heteroatoms. The Morgan fingerprint density at radius 2 is 0.625 bits per heavy atom. The Morgan fingerprint density at radius 1 is 0.625 bits per heavy atom. The second-order valence-corrected chi connectivity index (χ2v) is 0. The van der Waals surface area contributed by atoms with Crippen molar-refractivity contribution in [3.63, 3.8) is 0 Å². The molecule has 0 aliphatic carbocycles. The molecule has 1 radical (unpaired) electrons. The van der Waals surface area contributed by atoms with Crippen LogP contribution in [0.3, 0.4) is 0 Å². The fourth-order valence-corrected chi connectivity index (χ4v) is 0. The minimum Gasteiger partial charge on any atom is 0 e. The van der Waals surface area contributed by atoms with E-state index < -0.39 is 0 Å². The molecule has 0 aliphatic rings. The third-order valence-corrected chi connectivity index (χ3v) is 0. The van der Waals surface area contributed by atoms with E-state index in [0.717, 1.165) is 0 Å². The van der Waals surface area contributed by atoms with Crippen LogP contribution < -0.4 is 0 Å². The summed E-state index contributed by atoms with van der Waals surface area (Å²) in [6, 6.07) is 0. The van der Waals surface area contributed by atoms with Gasteiger partial charge in [0.1, 0.15) is 0 Å². The fourth-order valence-electron chi connectivity index (χ4n) is 0. The molecule has 2 N–H and O–H groups in total. The maximum atomic E-state index is 7.50. The van der Waals surface area contributed by atoms with Gasteiger partial charge in [0.25, 0.3) is 0 Å². The van der Waals surface area contributed by atoms with Gasteiger partial charge in [0.15, 0.2) is 0 Å². The predicted octanol–water partition coefficient (Wildman–Crippen LogP) is -0.940. The Kier molecular flexibility index (Phi) is 53400. The summed E-state index contributed by atoms with van der Waals surface area (Å²) in [6.07, 6.45) is 0. The molecule has 0 rings (SSSR count). The van der Waals surface area contributed by atoms with Crippen LogP contribution in [0.2, 0.25) is 0 Å². The molecule has 0 atom stereocenters. The Labute approximate surface area is 60.4 Å². The summed E-state index contributed by atoms with van der Waals surface area (Å²) in [5.41, 5.74) is 0. The Morgan fingerprint density at radius 3 is 0.625 bits per heavy atom. The van der Waals surface area contributed by atoms with Crippen LogP contribution in [-0.2, 0) is 34.4 Å². The molecular weight excluding hydrogens is 286 g/mol. The van der Waals surface area contributed by atoms with Gasteiger partial charge < -0.3 is 5.48 Å². The van der Waals surface area contributed by atoms with E-state index in [1.54, 1.807) is 0 Å². The first kappa shape index (κ1) is 45.4. The zero-order valence-electron chi connectivity index (χ0n) is 3.60. The van der Waals surface area contributed by atoms with Crippen molar-refractivity contribution < 1.29 is 39.9 Å². The average Bonchev–Trinajstić information content (AvgIpc) is 1.81. The first-order valence-electron chi connectivity index (χ1n) is 0.612. The third-order valence-electron chi connectivity index (χ3n) is 0. The minimum absolute atomic E-state index is 0. The van der Waals surface area contributed by atoms with Gasteiger partial charge in [0.05, 0.1) is 0 Å². The SMILES string of the molecule is O.[C-]#[O+].[C-]#[O+].[C-]#[O+].[Re]. The Hall–Kier alpha value is -0.158. The van der Waals surface area contributed by atoms with E-state index in [4.69, 9.17) is 14.0 Å². The topological polar surface area (TPSA) is 91.2 Å². The van der Waals surface area contributed by atoms with E-state index in [2.05, 4.69) is 20.0 Å². The first-order chi connectivity index (χ1) is 3.00. The van der Waals surface area contributed by atoms with Gasteiger partial charge in [0.2, 0.25) is 0 Å². The van der Waals surface area contributed by atoms with E-state index in [1.807, 2.05) is 0 Å². The minimum atomic E-state index is 0. The Bertz CT molecular complexity index is 39.8. The van der Waals surface area contributed by atoms with Crippen molar-refractivity contribution in [1.29, 1.82) is 0 Å². The van der Waals surface area contributed by atoms with Crippen LogP contribution in [0, 0.1) is 20.0 Å². The molecule has 0 aliphatic heterocycles. The molecule has 0 bridgehead atoms. The molecule has 0 fully saturated rings. The van der Waals surface area contributed by atoms with Crippen molar-refractivity contribution in [2.24, 2.45) is 0 Å². The molecule has 45 valence electrons. The summed E-state index contributed by atoms with van der Waals surface area (Å²) in [5, 5.41) is 0. The molecule has 8 heavy (non-hydrogen) atoms. The van der Waals surface area contributed by atoms with Crippen molar-refractivity contribution in [2.45, 2.75) is 0 Å². The molecule has 0 aromatic heterocycles. The molecule has 4 nitrogen and oxygen atoms in total. The molecule has 0 aromatic rings. The summed E-state index contributed by atoms with van der Waals surface area (Å²) in [4.78, 5) is 0. The molecule has 0 unspecified atom stereocenters. The molecule has 0 heterocycles. The molecule has 0 saturated carbocycles. The quantitative estimate of drug-likeness (QED) is 0.406. The summed E-state index contributed by atoms with van der Waals surface area (Å²) in [5.74, 6) is 0. The Balaban J connectivity index is -0.00000000500. The van der Waals surface area contributed by atoms with E-state index >= 15 is 0 Å². The summed E-state index contributed by atoms with van der Waals surface area (Å²) in [7, 11) is 0. The van der Waals surface area contributed by atoms with Crippen molar-refractivity contribution in [3.8, 4) is 0 Å². The monoisotopic (exact) mass is 289 g/mol. The molecule has 0 spiro atoms. The van der Waals surface area contributed by atoms with Crippen LogP contribution in [0.4, 0.5) is 0 Å². The van der Waals surface area contributed by atoms with Crippen LogP contribution in [0.15, 0.2) is 0 Å². The second-order valence-electron chi connectivity index (χ2n) is 0. The number of hydrogen-bond donors (Lipinski definition) is 0. The fraction of sp³-hybridized carbons (Fsp3) is 0.